The summed E-state index contributed by atoms with van der Waals surface area (Å²) in [4.78, 5) is 12.2. The summed E-state index contributed by atoms with van der Waals surface area (Å²) in [5.41, 5.74) is 1.55. The molecule has 0 fully saturated rings. The molecule has 1 amide bonds. The maximum absolute atomic E-state index is 13.2. The zero-order valence-electron chi connectivity index (χ0n) is 14.5. The Morgan fingerprint density at radius 2 is 1.70 bits per heavy atom. The fraction of sp³-hybridized carbons (Fsp3) is 0.111. The lowest BCUT2D eigenvalue weighted by molar-refractivity contribution is -0.0379. The Morgan fingerprint density at radius 1 is 1.11 bits per heavy atom. The Kier molecular flexibility index (Phi) is 4.81. The minimum absolute atomic E-state index is 0.0217. The second kappa shape index (κ2) is 6.93. The van der Waals surface area contributed by atoms with Gasteiger partial charge in [0, 0.05) is 18.9 Å². The molecule has 0 unspecified atom stereocenters. The van der Waals surface area contributed by atoms with Gasteiger partial charge in [-0.15, -0.1) is 0 Å². The van der Waals surface area contributed by atoms with Crippen molar-refractivity contribution in [1.29, 1.82) is 0 Å². The van der Waals surface area contributed by atoms with E-state index >= 15 is 0 Å². The van der Waals surface area contributed by atoms with Crippen molar-refractivity contribution in [2.75, 3.05) is 13.3 Å². The number of carbonyl (C=O) groups excluding carboxylic acids is 1. The fourth-order valence-electron chi connectivity index (χ4n) is 2.51. The van der Waals surface area contributed by atoms with Crippen molar-refractivity contribution in [3.63, 3.8) is 0 Å². The van der Waals surface area contributed by atoms with Crippen molar-refractivity contribution >= 4 is 15.7 Å². The first-order chi connectivity index (χ1) is 12.7. The number of benzene rings is 2. The van der Waals surface area contributed by atoms with Crippen LogP contribution in [0, 0.1) is 5.82 Å². The number of halogens is 1. The first-order valence-electron chi connectivity index (χ1n) is 7.80. The van der Waals surface area contributed by atoms with E-state index in [9.17, 15) is 22.8 Å². The van der Waals surface area contributed by atoms with Crippen molar-refractivity contribution in [2.24, 2.45) is 0 Å². The number of hydroxylamine groups is 2. The van der Waals surface area contributed by atoms with Crippen molar-refractivity contribution in [3.05, 3.63) is 66.1 Å². The van der Waals surface area contributed by atoms with E-state index in [1.165, 1.54) is 54.2 Å². The molecule has 0 radical (unpaired) electrons. The summed E-state index contributed by atoms with van der Waals surface area (Å²) in [6, 6.07) is 13.0. The molecule has 3 rings (SSSR count). The van der Waals surface area contributed by atoms with Gasteiger partial charge < -0.3 is 0 Å². The van der Waals surface area contributed by atoms with Gasteiger partial charge >= 0.3 is 0 Å². The first-order valence-corrected chi connectivity index (χ1v) is 9.69. The number of hydrogen-bond acceptors (Lipinski definition) is 5. The Hall–Kier alpha value is -3.04. The molecule has 0 aliphatic rings. The molecular formula is C18H16FN3O4S. The van der Waals surface area contributed by atoms with E-state index in [1.807, 2.05) is 0 Å². The zero-order chi connectivity index (χ0) is 19.8. The van der Waals surface area contributed by atoms with Gasteiger partial charge in [-0.1, -0.05) is 12.1 Å². The predicted octanol–water partition coefficient (Wildman–Crippen LogP) is 2.54. The van der Waals surface area contributed by atoms with Crippen LogP contribution in [0.3, 0.4) is 0 Å². The lowest BCUT2D eigenvalue weighted by Gasteiger charge is -2.08. The standard InChI is InChI=1S/C18H16FN3O4S/c1-21(24)18(23)16-11-17(12-3-9-15(10-4-12)27(2,25)26)22(20-16)14-7-5-13(19)6-8-14/h3-11,24H,1-2H3. The van der Waals surface area contributed by atoms with E-state index in [4.69, 9.17) is 0 Å². The zero-order valence-corrected chi connectivity index (χ0v) is 15.3. The Morgan fingerprint density at radius 3 is 2.22 bits per heavy atom. The van der Waals surface area contributed by atoms with Crippen LogP contribution >= 0.6 is 0 Å². The largest absolute Gasteiger partial charge is 0.297 e. The summed E-state index contributed by atoms with van der Waals surface area (Å²) >= 11 is 0. The summed E-state index contributed by atoms with van der Waals surface area (Å²) in [5.74, 6) is -1.14. The van der Waals surface area contributed by atoms with E-state index in [1.54, 1.807) is 12.1 Å². The maximum atomic E-state index is 13.2. The van der Waals surface area contributed by atoms with Gasteiger partial charge in [-0.2, -0.15) is 5.10 Å². The van der Waals surface area contributed by atoms with Gasteiger partial charge in [0.15, 0.2) is 15.5 Å². The minimum atomic E-state index is -3.35. The molecule has 0 spiro atoms. The molecule has 0 saturated heterocycles. The normalized spacial score (nSPS) is 11.4. The van der Waals surface area contributed by atoms with Crippen LogP contribution < -0.4 is 0 Å². The van der Waals surface area contributed by atoms with Gasteiger partial charge in [0.05, 0.1) is 16.3 Å². The number of rotatable bonds is 4. The van der Waals surface area contributed by atoms with Crippen molar-refractivity contribution in [1.82, 2.24) is 14.8 Å². The van der Waals surface area contributed by atoms with Crippen LogP contribution in [0.25, 0.3) is 16.9 Å². The SMILES string of the molecule is CN(O)C(=O)c1cc(-c2ccc(S(C)(=O)=O)cc2)n(-c2ccc(F)cc2)n1. The molecule has 2 aromatic carbocycles. The molecule has 7 nitrogen and oxygen atoms in total. The van der Waals surface area contributed by atoms with Crippen LogP contribution in [0.5, 0.6) is 0 Å². The third-order valence-electron chi connectivity index (χ3n) is 3.87. The van der Waals surface area contributed by atoms with Crippen LogP contribution in [-0.2, 0) is 9.84 Å². The van der Waals surface area contributed by atoms with E-state index in [0.717, 1.165) is 6.26 Å². The van der Waals surface area contributed by atoms with Crippen LogP contribution in [-0.4, -0.2) is 47.7 Å². The predicted molar refractivity (Wildman–Crippen MR) is 95.9 cm³/mol. The van der Waals surface area contributed by atoms with Gasteiger partial charge in [0.25, 0.3) is 5.91 Å². The topological polar surface area (TPSA) is 92.5 Å². The molecule has 140 valence electrons. The van der Waals surface area contributed by atoms with Crippen LogP contribution in [0.4, 0.5) is 4.39 Å². The van der Waals surface area contributed by atoms with Crippen LogP contribution in [0.15, 0.2) is 59.5 Å². The van der Waals surface area contributed by atoms with E-state index in [2.05, 4.69) is 5.10 Å². The number of sulfone groups is 1. The second-order valence-electron chi connectivity index (χ2n) is 5.93. The van der Waals surface area contributed by atoms with Gasteiger partial charge in [-0.3, -0.25) is 10.0 Å². The Balaban J connectivity index is 2.15. The number of carbonyl (C=O) groups is 1. The van der Waals surface area contributed by atoms with Crippen molar-refractivity contribution in [2.45, 2.75) is 4.90 Å². The number of nitrogens with zero attached hydrogens (tertiary/aromatic N) is 3. The first kappa shape index (κ1) is 18.7. The molecule has 1 heterocycles. The van der Waals surface area contributed by atoms with Gasteiger partial charge in [0.2, 0.25) is 0 Å². The van der Waals surface area contributed by atoms with E-state index in [0.29, 0.717) is 22.0 Å². The molecule has 0 atom stereocenters. The third-order valence-corrected chi connectivity index (χ3v) is 5.00. The molecule has 1 N–H and O–H groups in total. The molecule has 0 aliphatic carbocycles. The molecule has 27 heavy (non-hydrogen) atoms. The highest BCUT2D eigenvalue weighted by Gasteiger charge is 2.19. The molecular weight excluding hydrogens is 373 g/mol. The third kappa shape index (κ3) is 3.88. The van der Waals surface area contributed by atoms with E-state index in [-0.39, 0.29) is 10.6 Å². The van der Waals surface area contributed by atoms with Gasteiger partial charge in [0.1, 0.15) is 5.82 Å². The van der Waals surface area contributed by atoms with Gasteiger partial charge in [-0.25, -0.2) is 22.6 Å². The molecule has 0 saturated carbocycles. The number of hydrogen-bond donors (Lipinski definition) is 1. The van der Waals surface area contributed by atoms with Gasteiger partial charge in [-0.05, 0) is 42.5 Å². The molecule has 9 heteroatoms. The fourth-order valence-corrected chi connectivity index (χ4v) is 3.14. The molecule has 3 aromatic rings. The highest BCUT2D eigenvalue weighted by atomic mass is 32.2. The summed E-state index contributed by atoms with van der Waals surface area (Å²) in [6.45, 7) is 0. The second-order valence-corrected chi connectivity index (χ2v) is 7.94. The highest BCUT2D eigenvalue weighted by Crippen LogP contribution is 2.26. The average molecular weight is 389 g/mol. The monoisotopic (exact) mass is 389 g/mol. The lowest BCUT2D eigenvalue weighted by atomic mass is 10.1. The molecule has 0 aliphatic heterocycles. The number of amides is 1. The summed E-state index contributed by atoms with van der Waals surface area (Å²) < 4.78 is 37.9. The molecule has 0 bridgehead atoms. The number of aromatic nitrogens is 2. The Bertz CT molecular complexity index is 1090. The molecule has 1 aromatic heterocycles. The summed E-state index contributed by atoms with van der Waals surface area (Å²) in [5, 5.41) is 14.0. The van der Waals surface area contributed by atoms with E-state index < -0.39 is 21.6 Å². The summed E-state index contributed by atoms with van der Waals surface area (Å²) in [6.07, 6.45) is 1.11. The van der Waals surface area contributed by atoms with Crippen LogP contribution in [0.1, 0.15) is 10.5 Å². The maximum Gasteiger partial charge on any atom is 0.297 e. The van der Waals surface area contributed by atoms with Crippen LogP contribution in [0.2, 0.25) is 0 Å². The van der Waals surface area contributed by atoms with Crippen molar-refractivity contribution < 1.29 is 22.8 Å². The highest BCUT2D eigenvalue weighted by molar-refractivity contribution is 7.90. The Labute approximate surface area is 155 Å². The van der Waals surface area contributed by atoms with Crippen molar-refractivity contribution in [3.8, 4) is 16.9 Å². The smallest absolute Gasteiger partial charge is 0.286 e. The summed E-state index contributed by atoms with van der Waals surface area (Å²) in [7, 11) is -2.17. The lowest BCUT2D eigenvalue weighted by Crippen LogP contribution is -2.23. The minimum Gasteiger partial charge on any atom is -0.286 e. The quantitative estimate of drug-likeness (QED) is 0.547. The average Bonchev–Trinajstić information content (AvgIpc) is 3.06.